The molecule has 1 saturated carbocycles. The van der Waals surface area contributed by atoms with Gasteiger partial charge in [0.1, 0.15) is 17.7 Å². The van der Waals surface area contributed by atoms with Crippen molar-refractivity contribution in [3.05, 3.63) is 29.8 Å². The van der Waals surface area contributed by atoms with Crippen molar-refractivity contribution in [1.82, 2.24) is 20.0 Å². The van der Waals surface area contributed by atoms with E-state index < -0.39 is 29.6 Å². The van der Waals surface area contributed by atoms with Gasteiger partial charge in [0.15, 0.2) is 5.78 Å². The Hall–Kier alpha value is -2.98. The fourth-order valence-corrected chi connectivity index (χ4v) is 6.35. The normalized spacial score (nSPS) is 25.5. The van der Waals surface area contributed by atoms with Gasteiger partial charge in [-0.2, -0.15) is 0 Å². The number of ketones is 1. The molecule has 5 rings (SSSR count). The molecule has 1 aromatic rings. The van der Waals surface area contributed by atoms with Crippen LogP contribution in [-0.2, 0) is 14.4 Å². The number of fused-ring (bicyclic) bond motifs is 1. The number of amides is 3. The lowest BCUT2D eigenvalue weighted by Crippen LogP contribution is -2.55. The van der Waals surface area contributed by atoms with E-state index in [2.05, 4.69) is 22.2 Å². The SMILES string of the molecule is CC(C)CC(NC(=O)c1ccc(N2CCN(C)CC2)cc1)C(=O)N1CCC2C1C(=O)CN2C(=O)C1(O)CCC1. The number of hydrogen-bond donors (Lipinski definition) is 2. The molecule has 0 bridgehead atoms. The molecule has 1 aromatic carbocycles. The number of piperazine rings is 1. The summed E-state index contributed by atoms with van der Waals surface area (Å²) in [5.74, 6) is -1.05. The van der Waals surface area contributed by atoms with Crippen LogP contribution in [0.2, 0.25) is 0 Å². The fourth-order valence-electron chi connectivity index (χ4n) is 6.35. The number of Topliss-reactive ketones (excluding diaryl/α,β-unsaturated/α-hetero) is 1. The molecule has 212 valence electrons. The van der Waals surface area contributed by atoms with E-state index >= 15 is 0 Å². The van der Waals surface area contributed by atoms with E-state index in [0.29, 0.717) is 37.8 Å². The van der Waals surface area contributed by atoms with E-state index in [-0.39, 0.29) is 30.1 Å². The fraction of sp³-hybridized carbons (Fsp3) is 0.655. The molecule has 0 radical (unpaired) electrons. The molecule has 2 N–H and O–H groups in total. The van der Waals surface area contributed by atoms with E-state index in [1.807, 2.05) is 26.0 Å². The number of carbonyl (C=O) groups excluding carboxylic acids is 4. The number of likely N-dealkylation sites (tertiary alicyclic amines) is 2. The zero-order valence-corrected chi connectivity index (χ0v) is 23.3. The van der Waals surface area contributed by atoms with E-state index in [1.165, 1.54) is 4.90 Å². The molecule has 10 heteroatoms. The molecule has 4 fully saturated rings. The Morgan fingerprint density at radius 2 is 1.69 bits per heavy atom. The van der Waals surface area contributed by atoms with Crippen LogP contribution in [0, 0.1) is 5.92 Å². The van der Waals surface area contributed by atoms with Gasteiger partial charge < -0.3 is 30.0 Å². The van der Waals surface area contributed by atoms with Crippen LogP contribution in [0.15, 0.2) is 24.3 Å². The standard InChI is InChI=1S/C29H41N5O5/c1-19(2)17-22(30-26(36)20-5-7-21(8-6-20)32-15-13-31(3)14-16-32)27(37)33-12-9-23-25(33)24(35)18-34(23)28(38)29(39)10-4-11-29/h5-8,19,22-23,25,39H,4,9-18H2,1-3H3,(H,30,36). The zero-order valence-electron chi connectivity index (χ0n) is 23.3. The number of aliphatic hydroxyl groups is 1. The third kappa shape index (κ3) is 5.41. The molecule has 0 aromatic heterocycles. The Kier molecular flexibility index (Phi) is 7.70. The minimum absolute atomic E-state index is 0.0822. The first-order valence-corrected chi connectivity index (χ1v) is 14.3. The molecule has 4 aliphatic rings. The van der Waals surface area contributed by atoms with Crippen LogP contribution >= 0.6 is 0 Å². The summed E-state index contributed by atoms with van der Waals surface area (Å²) in [6.07, 6.45) is 2.54. The summed E-state index contributed by atoms with van der Waals surface area (Å²) in [5, 5.41) is 13.5. The second-order valence-electron chi connectivity index (χ2n) is 12.1. The summed E-state index contributed by atoms with van der Waals surface area (Å²) in [6.45, 7) is 8.10. The smallest absolute Gasteiger partial charge is 0.255 e. The quantitative estimate of drug-likeness (QED) is 0.529. The highest BCUT2D eigenvalue weighted by atomic mass is 16.3. The summed E-state index contributed by atoms with van der Waals surface area (Å²) in [7, 11) is 2.11. The minimum Gasteiger partial charge on any atom is -0.380 e. The average Bonchev–Trinajstić information content (AvgIpc) is 3.47. The molecule has 3 heterocycles. The molecule has 39 heavy (non-hydrogen) atoms. The van der Waals surface area contributed by atoms with E-state index in [0.717, 1.165) is 38.3 Å². The highest BCUT2D eigenvalue weighted by Gasteiger charge is 2.56. The van der Waals surface area contributed by atoms with Crippen LogP contribution in [0.1, 0.15) is 56.3 Å². The van der Waals surface area contributed by atoms with Crippen LogP contribution in [0.3, 0.4) is 0 Å². The lowest BCUT2D eigenvalue weighted by Gasteiger charge is -2.39. The molecule has 3 atom stereocenters. The number of nitrogens with one attached hydrogen (secondary N) is 1. The van der Waals surface area contributed by atoms with Gasteiger partial charge in [-0.05, 0) is 69.3 Å². The molecule has 3 saturated heterocycles. The van der Waals surface area contributed by atoms with Crippen molar-refractivity contribution >= 4 is 29.2 Å². The van der Waals surface area contributed by atoms with Crippen LogP contribution in [0.4, 0.5) is 5.69 Å². The Balaban J connectivity index is 1.26. The highest BCUT2D eigenvalue weighted by molar-refractivity contribution is 6.01. The summed E-state index contributed by atoms with van der Waals surface area (Å²) in [5.41, 5.74) is 0.180. The van der Waals surface area contributed by atoms with Crippen molar-refractivity contribution in [1.29, 1.82) is 0 Å². The number of rotatable bonds is 7. The Labute approximate surface area is 230 Å². The first-order valence-electron chi connectivity index (χ1n) is 14.3. The van der Waals surface area contributed by atoms with Crippen molar-refractivity contribution in [3.63, 3.8) is 0 Å². The van der Waals surface area contributed by atoms with Crippen LogP contribution < -0.4 is 10.2 Å². The largest absolute Gasteiger partial charge is 0.380 e. The van der Waals surface area contributed by atoms with E-state index in [1.54, 1.807) is 17.0 Å². The molecule has 3 amide bonds. The number of nitrogens with zero attached hydrogens (tertiary/aromatic N) is 4. The molecule has 3 aliphatic heterocycles. The topological polar surface area (TPSA) is 114 Å². The maximum Gasteiger partial charge on any atom is 0.255 e. The van der Waals surface area contributed by atoms with Gasteiger partial charge in [-0.15, -0.1) is 0 Å². The van der Waals surface area contributed by atoms with Crippen molar-refractivity contribution < 1.29 is 24.3 Å². The lowest BCUT2D eigenvalue weighted by molar-refractivity contribution is -0.161. The first kappa shape index (κ1) is 27.6. The van der Waals surface area contributed by atoms with Crippen LogP contribution in [0.5, 0.6) is 0 Å². The average molecular weight is 540 g/mol. The predicted octanol–water partition coefficient (Wildman–Crippen LogP) is 0.879. The van der Waals surface area contributed by atoms with Gasteiger partial charge in [-0.3, -0.25) is 19.2 Å². The van der Waals surface area contributed by atoms with Gasteiger partial charge in [0.25, 0.3) is 11.8 Å². The zero-order chi connectivity index (χ0) is 27.9. The summed E-state index contributed by atoms with van der Waals surface area (Å²) >= 11 is 0. The number of carbonyl (C=O) groups is 4. The molecule has 10 nitrogen and oxygen atoms in total. The molecule has 0 spiro atoms. The van der Waals surface area contributed by atoms with Crippen molar-refractivity contribution in [3.8, 4) is 0 Å². The third-order valence-electron chi connectivity index (χ3n) is 8.85. The number of anilines is 1. The maximum atomic E-state index is 13.8. The Morgan fingerprint density at radius 3 is 2.28 bits per heavy atom. The first-order chi connectivity index (χ1) is 18.6. The number of likely N-dealkylation sites (N-methyl/N-ethyl adjacent to an activating group) is 1. The third-order valence-corrected chi connectivity index (χ3v) is 8.85. The summed E-state index contributed by atoms with van der Waals surface area (Å²) in [4.78, 5) is 60.6. The van der Waals surface area contributed by atoms with Gasteiger partial charge in [-0.1, -0.05) is 13.8 Å². The molecule has 1 aliphatic carbocycles. The monoisotopic (exact) mass is 539 g/mol. The maximum absolute atomic E-state index is 13.8. The van der Waals surface area contributed by atoms with Gasteiger partial charge in [0, 0.05) is 44.0 Å². The Morgan fingerprint density at radius 1 is 1.03 bits per heavy atom. The van der Waals surface area contributed by atoms with Gasteiger partial charge in [-0.25, -0.2) is 0 Å². The molecule has 3 unspecified atom stereocenters. The van der Waals surface area contributed by atoms with Crippen molar-refractivity contribution in [2.24, 2.45) is 5.92 Å². The number of hydrogen-bond acceptors (Lipinski definition) is 7. The second kappa shape index (κ2) is 10.9. The lowest BCUT2D eigenvalue weighted by atomic mass is 9.79. The summed E-state index contributed by atoms with van der Waals surface area (Å²) < 4.78 is 0. The predicted molar refractivity (Wildman–Crippen MR) is 146 cm³/mol. The van der Waals surface area contributed by atoms with Crippen LogP contribution in [-0.4, -0.2) is 113 Å². The van der Waals surface area contributed by atoms with Crippen molar-refractivity contribution in [2.75, 3.05) is 51.2 Å². The van der Waals surface area contributed by atoms with E-state index in [9.17, 15) is 24.3 Å². The number of benzene rings is 1. The van der Waals surface area contributed by atoms with Gasteiger partial charge in [0.2, 0.25) is 5.91 Å². The Bertz CT molecular complexity index is 1110. The highest BCUT2D eigenvalue weighted by Crippen LogP contribution is 2.38. The van der Waals surface area contributed by atoms with E-state index in [4.69, 9.17) is 0 Å². The van der Waals surface area contributed by atoms with Gasteiger partial charge in [0.05, 0.1) is 12.6 Å². The molecular weight excluding hydrogens is 498 g/mol. The minimum atomic E-state index is -1.37. The van der Waals surface area contributed by atoms with Crippen molar-refractivity contribution in [2.45, 2.75) is 69.7 Å². The van der Waals surface area contributed by atoms with Crippen LogP contribution in [0.25, 0.3) is 0 Å². The molecular formula is C29H41N5O5. The second-order valence-corrected chi connectivity index (χ2v) is 12.1. The van der Waals surface area contributed by atoms with Gasteiger partial charge >= 0.3 is 0 Å². The summed E-state index contributed by atoms with van der Waals surface area (Å²) in [6, 6.07) is 5.56.